The fourth-order valence-electron chi connectivity index (χ4n) is 3.02. The van der Waals surface area contributed by atoms with Gasteiger partial charge in [0.05, 0.1) is 5.71 Å². The monoisotopic (exact) mass is 307 g/mol. The van der Waals surface area contributed by atoms with Crippen molar-refractivity contribution in [3.8, 4) is 0 Å². The minimum absolute atomic E-state index is 0.581. The molecule has 0 unspecified atom stereocenters. The van der Waals surface area contributed by atoms with Crippen LogP contribution < -0.4 is 5.32 Å². The Bertz CT molecular complexity index is 493. The Morgan fingerprint density at radius 1 is 1.33 bits per heavy atom. The molecule has 0 aromatic heterocycles. The molecule has 116 valence electrons. The first kappa shape index (κ1) is 16.2. The predicted octanol–water partition coefficient (Wildman–Crippen LogP) is 4.76. The van der Waals surface area contributed by atoms with E-state index in [1.807, 2.05) is 25.2 Å². The van der Waals surface area contributed by atoms with Gasteiger partial charge in [-0.2, -0.15) is 5.10 Å². The molecule has 21 heavy (non-hydrogen) atoms. The van der Waals surface area contributed by atoms with Crippen molar-refractivity contribution >= 4 is 23.0 Å². The minimum Gasteiger partial charge on any atom is -0.388 e. The van der Waals surface area contributed by atoms with Crippen molar-refractivity contribution in [2.24, 2.45) is 5.10 Å². The van der Waals surface area contributed by atoms with Crippen LogP contribution in [0.25, 0.3) is 0 Å². The molecule has 1 aromatic rings. The fourth-order valence-corrected chi connectivity index (χ4v) is 3.19. The van der Waals surface area contributed by atoms with E-state index in [4.69, 9.17) is 16.7 Å². The van der Waals surface area contributed by atoms with Gasteiger partial charge < -0.3 is 5.32 Å². The molecule has 0 atom stereocenters. The molecule has 0 heterocycles. The highest BCUT2D eigenvalue weighted by molar-refractivity contribution is 6.31. The van der Waals surface area contributed by atoms with E-state index in [0.29, 0.717) is 6.04 Å². The normalized spacial score (nSPS) is 16.9. The largest absolute Gasteiger partial charge is 0.388 e. The van der Waals surface area contributed by atoms with Gasteiger partial charge in [-0.3, -0.25) is 5.01 Å². The van der Waals surface area contributed by atoms with Gasteiger partial charge in [0.15, 0.2) is 0 Å². The molecular formula is C17H26ClN3. The maximum atomic E-state index is 6.16. The van der Waals surface area contributed by atoms with E-state index in [1.165, 1.54) is 32.1 Å². The molecule has 3 nitrogen and oxygen atoms in total. The first-order valence-electron chi connectivity index (χ1n) is 7.93. The third kappa shape index (κ3) is 4.13. The van der Waals surface area contributed by atoms with Crippen molar-refractivity contribution in [3.63, 3.8) is 0 Å². The topological polar surface area (TPSA) is 27.6 Å². The second kappa shape index (κ2) is 7.69. The van der Waals surface area contributed by atoms with Crippen LogP contribution in [0.15, 0.2) is 23.3 Å². The third-order valence-corrected chi connectivity index (χ3v) is 4.51. The van der Waals surface area contributed by atoms with Gasteiger partial charge in [0.1, 0.15) is 0 Å². The number of hydrogen-bond acceptors (Lipinski definition) is 3. The molecule has 0 bridgehead atoms. The number of halogens is 1. The lowest BCUT2D eigenvalue weighted by Gasteiger charge is -2.30. The maximum Gasteiger partial charge on any atom is 0.0696 e. The highest BCUT2D eigenvalue weighted by atomic mass is 35.5. The second-order valence-electron chi connectivity index (χ2n) is 5.71. The van der Waals surface area contributed by atoms with Crippen LogP contribution >= 0.6 is 11.6 Å². The molecule has 1 aromatic carbocycles. The van der Waals surface area contributed by atoms with Crippen LogP contribution in [-0.4, -0.2) is 30.9 Å². The number of anilines is 1. The summed E-state index contributed by atoms with van der Waals surface area (Å²) in [6.07, 6.45) is 7.42. The highest BCUT2D eigenvalue weighted by Crippen LogP contribution is 2.25. The van der Waals surface area contributed by atoms with Crippen LogP contribution in [0.5, 0.6) is 0 Å². The Hall–Kier alpha value is -1.22. The van der Waals surface area contributed by atoms with Crippen LogP contribution in [0.1, 0.15) is 51.0 Å². The first-order valence-corrected chi connectivity index (χ1v) is 8.31. The average Bonchev–Trinajstić information content (AvgIpc) is 2.53. The molecule has 1 fully saturated rings. The Kier molecular flexibility index (Phi) is 5.92. The molecule has 0 spiro atoms. The molecule has 0 aliphatic heterocycles. The molecule has 1 aliphatic rings. The van der Waals surface area contributed by atoms with E-state index >= 15 is 0 Å². The summed E-state index contributed by atoms with van der Waals surface area (Å²) in [6.45, 7) is 2.15. The van der Waals surface area contributed by atoms with Crippen LogP contribution in [-0.2, 0) is 0 Å². The molecular weight excluding hydrogens is 282 g/mol. The van der Waals surface area contributed by atoms with Crippen molar-refractivity contribution < 1.29 is 0 Å². The van der Waals surface area contributed by atoms with Crippen molar-refractivity contribution in [1.29, 1.82) is 0 Å². The molecule has 0 amide bonds. The number of hydrogen-bond donors (Lipinski definition) is 1. The summed E-state index contributed by atoms with van der Waals surface area (Å²) in [6, 6.07) is 6.51. The number of hydrazone groups is 1. The Morgan fingerprint density at radius 3 is 2.67 bits per heavy atom. The van der Waals surface area contributed by atoms with Crippen molar-refractivity contribution in [3.05, 3.63) is 28.8 Å². The summed E-state index contributed by atoms with van der Waals surface area (Å²) in [5, 5.41) is 11.0. The summed E-state index contributed by atoms with van der Waals surface area (Å²) < 4.78 is 0. The van der Waals surface area contributed by atoms with Crippen molar-refractivity contribution in [2.45, 2.75) is 51.5 Å². The van der Waals surface area contributed by atoms with Gasteiger partial charge in [-0.1, -0.05) is 37.8 Å². The lowest BCUT2D eigenvalue weighted by atomic mass is 9.95. The number of rotatable bonds is 5. The summed E-state index contributed by atoms with van der Waals surface area (Å²) in [4.78, 5) is 0. The molecule has 2 rings (SSSR count). The van der Waals surface area contributed by atoms with Gasteiger partial charge in [0.25, 0.3) is 0 Å². The Morgan fingerprint density at radius 2 is 2.05 bits per heavy atom. The minimum atomic E-state index is 0.581. The maximum absolute atomic E-state index is 6.16. The van der Waals surface area contributed by atoms with Gasteiger partial charge >= 0.3 is 0 Å². The predicted molar refractivity (Wildman–Crippen MR) is 92.5 cm³/mol. The molecule has 0 saturated heterocycles. The Balaban J connectivity index is 2.25. The van der Waals surface area contributed by atoms with E-state index < -0.39 is 0 Å². The third-order valence-electron chi connectivity index (χ3n) is 4.28. The van der Waals surface area contributed by atoms with Crippen LogP contribution in [0.4, 0.5) is 5.69 Å². The van der Waals surface area contributed by atoms with E-state index in [-0.39, 0.29) is 0 Å². The van der Waals surface area contributed by atoms with Crippen LogP contribution in [0.2, 0.25) is 5.02 Å². The Labute approximate surface area is 133 Å². The van der Waals surface area contributed by atoms with Crippen molar-refractivity contribution in [1.82, 2.24) is 5.01 Å². The van der Waals surface area contributed by atoms with E-state index in [2.05, 4.69) is 24.3 Å². The number of nitrogens with one attached hydrogen (secondary N) is 1. The summed E-state index contributed by atoms with van der Waals surface area (Å²) in [7, 11) is 4.04. The molecule has 1 saturated carbocycles. The smallest absolute Gasteiger partial charge is 0.0696 e. The summed E-state index contributed by atoms with van der Waals surface area (Å²) in [5.41, 5.74) is 3.28. The van der Waals surface area contributed by atoms with Gasteiger partial charge in [-0.15, -0.1) is 0 Å². The summed E-state index contributed by atoms with van der Waals surface area (Å²) >= 11 is 6.16. The van der Waals surface area contributed by atoms with Gasteiger partial charge in [0.2, 0.25) is 0 Å². The van der Waals surface area contributed by atoms with E-state index in [9.17, 15) is 0 Å². The zero-order valence-electron chi connectivity index (χ0n) is 13.3. The van der Waals surface area contributed by atoms with E-state index in [1.54, 1.807) is 0 Å². The SMILES string of the molecule is CC/C(=N\N(C)C1CCCCC1)c1cc(Cl)ccc1NC. The lowest BCUT2D eigenvalue weighted by Crippen LogP contribution is -2.30. The quantitative estimate of drug-likeness (QED) is 0.627. The second-order valence-corrected chi connectivity index (χ2v) is 6.14. The van der Waals surface area contributed by atoms with Crippen LogP contribution in [0.3, 0.4) is 0 Å². The number of benzene rings is 1. The standard InChI is InChI=1S/C17H26ClN3/c1-4-16(15-12-13(18)10-11-17(15)19-2)20-21(3)14-8-6-5-7-9-14/h10-12,14,19H,4-9H2,1-3H3/b20-16+. The molecule has 0 radical (unpaired) electrons. The molecule has 1 N–H and O–H groups in total. The zero-order valence-corrected chi connectivity index (χ0v) is 14.1. The molecule has 4 heteroatoms. The lowest BCUT2D eigenvalue weighted by molar-refractivity contribution is 0.199. The van der Waals surface area contributed by atoms with Gasteiger partial charge in [0, 0.05) is 36.4 Å². The highest BCUT2D eigenvalue weighted by Gasteiger charge is 2.18. The van der Waals surface area contributed by atoms with Gasteiger partial charge in [-0.05, 0) is 37.5 Å². The van der Waals surface area contributed by atoms with Gasteiger partial charge in [-0.25, -0.2) is 0 Å². The zero-order chi connectivity index (χ0) is 15.2. The van der Waals surface area contributed by atoms with Crippen molar-refractivity contribution in [2.75, 3.05) is 19.4 Å². The summed E-state index contributed by atoms with van der Waals surface area (Å²) in [5.74, 6) is 0. The van der Waals surface area contributed by atoms with E-state index in [0.717, 1.165) is 28.4 Å². The average molecular weight is 308 g/mol. The van der Waals surface area contributed by atoms with Crippen LogP contribution in [0, 0.1) is 0 Å². The number of nitrogens with zero attached hydrogens (tertiary/aromatic N) is 2. The first-order chi connectivity index (χ1) is 10.2. The molecule has 1 aliphatic carbocycles. The fraction of sp³-hybridized carbons (Fsp3) is 0.588.